The minimum Gasteiger partial charge on any atom is -0.381 e. The summed E-state index contributed by atoms with van der Waals surface area (Å²) in [7, 11) is 0. The SMILES string of the molecule is Cc1cc(F)cc2c(NC3CCN(CC(N)=O)CC3)c(C#N)cnc12. The Morgan fingerprint density at radius 1 is 1.48 bits per heavy atom. The Labute approximate surface area is 145 Å². The van der Waals surface area contributed by atoms with Gasteiger partial charge in [-0.1, -0.05) is 0 Å². The number of pyridine rings is 1. The summed E-state index contributed by atoms with van der Waals surface area (Å²) < 4.78 is 13.9. The van der Waals surface area contributed by atoms with Crippen molar-refractivity contribution in [3.63, 3.8) is 0 Å². The van der Waals surface area contributed by atoms with Crippen molar-refractivity contribution in [2.45, 2.75) is 25.8 Å². The number of aromatic nitrogens is 1. The van der Waals surface area contributed by atoms with E-state index in [1.165, 1.54) is 18.3 Å². The molecule has 2 aromatic rings. The van der Waals surface area contributed by atoms with Crippen LogP contribution in [0.5, 0.6) is 0 Å². The molecule has 0 unspecified atom stereocenters. The van der Waals surface area contributed by atoms with Gasteiger partial charge in [-0.05, 0) is 37.5 Å². The summed E-state index contributed by atoms with van der Waals surface area (Å²) in [6.45, 7) is 3.56. The van der Waals surface area contributed by atoms with Crippen LogP contribution in [0.3, 0.4) is 0 Å². The van der Waals surface area contributed by atoms with E-state index in [4.69, 9.17) is 5.73 Å². The quantitative estimate of drug-likeness (QED) is 0.886. The van der Waals surface area contributed by atoms with E-state index >= 15 is 0 Å². The molecule has 6 nitrogen and oxygen atoms in total. The Balaban J connectivity index is 1.86. The van der Waals surface area contributed by atoms with Crippen molar-refractivity contribution in [1.29, 1.82) is 5.26 Å². The number of piperidine rings is 1. The molecule has 0 atom stereocenters. The van der Waals surface area contributed by atoms with Crippen LogP contribution >= 0.6 is 0 Å². The van der Waals surface area contributed by atoms with Crippen molar-refractivity contribution >= 4 is 22.5 Å². The minimum atomic E-state index is -0.346. The molecule has 130 valence electrons. The van der Waals surface area contributed by atoms with Crippen molar-refractivity contribution in [3.05, 3.63) is 35.3 Å². The number of halogens is 1. The van der Waals surface area contributed by atoms with Gasteiger partial charge in [-0.2, -0.15) is 5.26 Å². The number of nitrogens with zero attached hydrogens (tertiary/aromatic N) is 3. The molecular formula is C18H20FN5O. The smallest absolute Gasteiger partial charge is 0.231 e. The number of fused-ring (bicyclic) bond motifs is 1. The fourth-order valence-electron chi connectivity index (χ4n) is 3.34. The van der Waals surface area contributed by atoms with Crippen LogP contribution in [0.2, 0.25) is 0 Å². The zero-order valence-corrected chi connectivity index (χ0v) is 14.1. The van der Waals surface area contributed by atoms with Gasteiger partial charge in [0.15, 0.2) is 0 Å². The van der Waals surface area contributed by atoms with E-state index in [2.05, 4.69) is 16.4 Å². The topological polar surface area (TPSA) is 95.0 Å². The lowest BCUT2D eigenvalue weighted by Crippen LogP contribution is -2.43. The van der Waals surface area contributed by atoms with Crippen LogP contribution < -0.4 is 11.1 Å². The molecule has 25 heavy (non-hydrogen) atoms. The van der Waals surface area contributed by atoms with Crippen LogP contribution in [-0.4, -0.2) is 41.5 Å². The third-order valence-corrected chi connectivity index (χ3v) is 4.56. The molecule has 0 saturated carbocycles. The molecule has 7 heteroatoms. The van der Waals surface area contributed by atoms with Crippen LogP contribution in [0.25, 0.3) is 10.9 Å². The van der Waals surface area contributed by atoms with Crippen molar-refractivity contribution in [2.24, 2.45) is 5.73 Å². The highest BCUT2D eigenvalue weighted by Gasteiger charge is 2.22. The average Bonchev–Trinajstić information content (AvgIpc) is 2.56. The van der Waals surface area contributed by atoms with Gasteiger partial charge in [-0.3, -0.25) is 14.7 Å². The molecule has 0 bridgehead atoms. The van der Waals surface area contributed by atoms with Crippen molar-refractivity contribution < 1.29 is 9.18 Å². The summed E-state index contributed by atoms with van der Waals surface area (Å²) >= 11 is 0. The van der Waals surface area contributed by atoms with Gasteiger partial charge in [0.05, 0.1) is 23.3 Å². The third-order valence-electron chi connectivity index (χ3n) is 4.56. The molecule has 1 aliphatic heterocycles. The number of rotatable bonds is 4. The molecule has 1 aromatic carbocycles. The summed E-state index contributed by atoms with van der Waals surface area (Å²) in [5, 5.41) is 13.4. The predicted molar refractivity (Wildman–Crippen MR) is 93.4 cm³/mol. The first-order chi connectivity index (χ1) is 12.0. The first kappa shape index (κ1) is 17.1. The standard InChI is InChI=1S/C18H20FN5O/c1-11-6-13(19)7-15-17(11)22-9-12(8-20)18(15)23-14-2-4-24(5-3-14)10-16(21)25/h6-7,9,14H,2-5,10H2,1H3,(H2,21,25)(H,22,23). The van der Waals surface area contributed by atoms with Crippen molar-refractivity contribution in [1.82, 2.24) is 9.88 Å². The number of aryl methyl sites for hydroxylation is 1. The van der Waals surface area contributed by atoms with E-state index in [0.717, 1.165) is 31.5 Å². The summed E-state index contributed by atoms with van der Waals surface area (Å²) in [5.74, 6) is -0.675. The Kier molecular flexibility index (Phi) is 4.81. The lowest BCUT2D eigenvalue weighted by molar-refractivity contribution is -0.119. The van der Waals surface area contributed by atoms with Gasteiger partial charge in [0.2, 0.25) is 5.91 Å². The van der Waals surface area contributed by atoms with Crippen LogP contribution in [0.4, 0.5) is 10.1 Å². The number of nitrogens with two attached hydrogens (primary N) is 1. The molecule has 1 saturated heterocycles. The van der Waals surface area contributed by atoms with E-state index < -0.39 is 0 Å². The molecule has 1 fully saturated rings. The molecule has 3 N–H and O–H groups in total. The first-order valence-electron chi connectivity index (χ1n) is 8.24. The highest BCUT2D eigenvalue weighted by Crippen LogP contribution is 2.30. The zero-order valence-electron chi connectivity index (χ0n) is 14.1. The monoisotopic (exact) mass is 341 g/mol. The molecule has 1 aliphatic rings. The molecule has 0 aliphatic carbocycles. The number of primary amides is 1. The minimum absolute atomic E-state index is 0.144. The second-order valence-corrected chi connectivity index (χ2v) is 6.44. The number of carbonyl (C=O) groups is 1. The molecular weight excluding hydrogens is 321 g/mol. The van der Waals surface area contributed by atoms with E-state index in [-0.39, 0.29) is 24.3 Å². The average molecular weight is 341 g/mol. The highest BCUT2D eigenvalue weighted by atomic mass is 19.1. The van der Waals surface area contributed by atoms with Gasteiger partial charge in [-0.15, -0.1) is 0 Å². The van der Waals surface area contributed by atoms with E-state index in [1.54, 1.807) is 6.92 Å². The molecule has 2 heterocycles. The maximum absolute atomic E-state index is 13.9. The Morgan fingerprint density at radius 3 is 2.84 bits per heavy atom. The largest absolute Gasteiger partial charge is 0.381 e. The fraction of sp³-hybridized carbons (Fsp3) is 0.389. The molecule has 1 aromatic heterocycles. The lowest BCUT2D eigenvalue weighted by Gasteiger charge is -2.32. The summed E-state index contributed by atoms with van der Waals surface area (Å²) in [6.07, 6.45) is 3.16. The number of nitrogens with one attached hydrogen (secondary N) is 1. The van der Waals surface area contributed by atoms with Gasteiger partial charge in [-0.25, -0.2) is 4.39 Å². The maximum Gasteiger partial charge on any atom is 0.231 e. The van der Waals surface area contributed by atoms with Gasteiger partial charge in [0, 0.05) is 30.7 Å². The van der Waals surface area contributed by atoms with Gasteiger partial charge >= 0.3 is 0 Å². The Morgan fingerprint density at radius 2 is 2.20 bits per heavy atom. The Bertz CT molecular complexity index is 853. The van der Waals surface area contributed by atoms with E-state index in [0.29, 0.717) is 22.2 Å². The van der Waals surface area contributed by atoms with Gasteiger partial charge in [0.25, 0.3) is 0 Å². The van der Waals surface area contributed by atoms with E-state index in [1.807, 2.05) is 4.90 Å². The molecule has 0 radical (unpaired) electrons. The molecule has 1 amide bonds. The fourth-order valence-corrected chi connectivity index (χ4v) is 3.34. The van der Waals surface area contributed by atoms with Crippen LogP contribution in [-0.2, 0) is 4.79 Å². The zero-order chi connectivity index (χ0) is 18.0. The summed E-state index contributed by atoms with van der Waals surface area (Å²) in [5.41, 5.74) is 7.69. The number of anilines is 1. The number of hydrogen-bond acceptors (Lipinski definition) is 5. The highest BCUT2D eigenvalue weighted by molar-refractivity contribution is 5.95. The summed E-state index contributed by atoms with van der Waals surface area (Å²) in [6, 6.07) is 5.13. The predicted octanol–water partition coefficient (Wildman–Crippen LogP) is 1.92. The number of amides is 1. The van der Waals surface area contributed by atoms with Crippen LogP contribution in [0, 0.1) is 24.1 Å². The second-order valence-electron chi connectivity index (χ2n) is 6.44. The lowest BCUT2D eigenvalue weighted by atomic mass is 10.0. The number of likely N-dealkylation sites (tertiary alicyclic amines) is 1. The second kappa shape index (κ2) is 7.03. The maximum atomic E-state index is 13.9. The number of benzene rings is 1. The normalized spacial score (nSPS) is 15.9. The third kappa shape index (κ3) is 3.69. The molecule has 3 rings (SSSR count). The van der Waals surface area contributed by atoms with E-state index in [9.17, 15) is 14.4 Å². The van der Waals surface area contributed by atoms with Gasteiger partial charge < -0.3 is 11.1 Å². The van der Waals surface area contributed by atoms with Crippen molar-refractivity contribution in [3.8, 4) is 6.07 Å². The number of carbonyl (C=O) groups excluding carboxylic acids is 1. The number of hydrogen-bond donors (Lipinski definition) is 2. The van der Waals surface area contributed by atoms with Crippen LogP contribution in [0.1, 0.15) is 24.0 Å². The first-order valence-corrected chi connectivity index (χ1v) is 8.24. The molecule has 0 spiro atoms. The number of nitriles is 1. The van der Waals surface area contributed by atoms with Gasteiger partial charge in [0.1, 0.15) is 11.9 Å². The summed E-state index contributed by atoms with van der Waals surface area (Å²) in [4.78, 5) is 17.3. The Hall–Kier alpha value is -2.72. The van der Waals surface area contributed by atoms with Crippen molar-refractivity contribution in [2.75, 3.05) is 25.0 Å². The van der Waals surface area contributed by atoms with Crippen LogP contribution in [0.15, 0.2) is 18.3 Å².